The Kier molecular flexibility index (Phi) is 8.38. The molecule has 0 aromatic heterocycles. The normalized spacial score (nSPS) is 18.0. The number of amides is 1. The number of alkyl halides is 1. The Morgan fingerprint density at radius 2 is 2.00 bits per heavy atom. The molecular weight excluding hydrogens is 458 g/mol. The Hall–Kier alpha value is 0.0239. The van der Waals surface area contributed by atoms with E-state index < -0.39 is 0 Å². The number of nitrogens with zero attached hydrogens (tertiary/aromatic N) is 1. The van der Waals surface area contributed by atoms with Crippen LogP contribution in [0.5, 0.6) is 5.75 Å². The van der Waals surface area contributed by atoms with Gasteiger partial charge in [0.1, 0.15) is 12.4 Å². The quantitative estimate of drug-likeness (QED) is 0.285. The fourth-order valence-electron chi connectivity index (χ4n) is 1.96. The first-order valence-electron chi connectivity index (χ1n) is 6.38. The summed E-state index contributed by atoms with van der Waals surface area (Å²) in [5.74, 6) is 0.919. The van der Waals surface area contributed by atoms with Crippen LogP contribution in [0.25, 0.3) is 5.70 Å². The van der Waals surface area contributed by atoms with Crippen molar-refractivity contribution in [1.29, 1.82) is 0 Å². The fourth-order valence-corrected chi connectivity index (χ4v) is 2.60. The Bertz CT molecular complexity index is 504. The van der Waals surface area contributed by atoms with E-state index in [0.29, 0.717) is 19.6 Å². The van der Waals surface area contributed by atoms with Crippen LogP contribution >= 0.6 is 22.6 Å². The van der Waals surface area contributed by atoms with Crippen molar-refractivity contribution in [3.05, 3.63) is 35.9 Å². The van der Waals surface area contributed by atoms with Gasteiger partial charge in [-0.1, -0.05) is 29.0 Å². The summed E-state index contributed by atoms with van der Waals surface area (Å²) in [6.07, 6.45) is 3.95. The number of ether oxygens (including phenoxy) is 2. The van der Waals surface area contributed by atoms with Gasteiger partial charge in [-0.15, -0.1) is 17.8 Å². The number of rotatable bonds is 5. The van der Waals surface area contributed by atoms with E-state index in [4.69, 9.17) is 9.47 Å². The number of carbonyl (C=O) groups excluding carboxylic acids is 1. The van der Waals surface area contributed by atoms with E-state index in [1.807, 2.05) is 24.3 Å². The van der Waals surface area contributed by atoms with Crippen LogP contribution in [0.2, 0.25) is 0 Å². The summed E-state index contributed by atoms with van der Waals surface area (Å²) < 4.78 is 10.4. The summed E-state index contributed by atoms with van der Waals surface area (Å²) in [6.45, 7) is 1.09. The maximum Gasteiger partial charge on any atom is 0.235 e. The molecule has 1 radical (unpaired) electrons. The van der Waals surface area contributed by atoms with Crippen molar-refractivity contribution in [2.24, 2.45) is 0 Å². The molecule has 0 saturated carbocycles. The second-order valence-corrected chi connectivity index (χ2v) is 5.96. The third-order valence-corrected chi connectivity index (χ3v) is 4.04. The molecule has 1 aliphatic rings. The SMILES string of the molecule is COCCOc1ccc(C2=[C-]CC(I)C(=O)N2C)cc1.[Y]. The van der Waals surface area contributed by atoms with Crippen LogP contribution in [-0.2, 0) is 42.2 Å². The zero-order valence-corrected chi connectivity index (χ0v) is 17.1. The van der Waals surface area contributed by atoms with Gasteiger partial charge < -0.3 is 14.4 Å². The van der Waals surface area contributed by atoms with Gasteiger partial charge in [0.25, 0.3) is 0 Å². The Morgan fingerprint density at radius 1 is 1.33 bits per heavy atom. The summed E-state index contributed by atoms with van der Waals surface area (Å²) >= 11 is 2.15. The zero-order valence-electron chi connectivity index (χ0n) is 12.1. The molecule has 0 N–H and O–H groups in total. The van der Waals surface area contributed by atoms with Crippen molar-refractivity contribution in [3.8, 4) is 5.75 Å². The van der Waals surface area contributed by atoms with Crippen molar-refractivity contribution >= 4 is 34.2 Å². The summed E-state index contributed by atoms with van der Waals surface area (Å²) in [6, 6.07) is 7.69. The molecule has 1 aromatic rings. The van der Waals surface area contributed by atoms with E-state index in [1.165, 1.54) is 0 Å². The minimum atomic E-state index is -0.0157. The van der Waals surface area contributed by atoms with E-state index in [0.717, 1.165) is 17.0 Å². The second-order valence-electron chi connectivity index (χ2n) is 4.46. The molecule has 2 rings (SSSR count). The molecule has 0 spiro atoms. The average molecular weight is 475 g/mol. The first-order chi connectivity index (χ1) is 9.63. The van der Waals surface area contributed by atoms with Crippen LogP contribution in [0.15, 0.2) is 24.3 Å². The molecule has 1 atom stereocenters. The van der Waals surface area contributed by atoms with Gasteiger partial charge in [0.15, 0.2) is 0 Å². The van der Waals surface area contributed by atoms with Crippen LogP contribution in [0.3, 0.4) is 0 Å². The van der Waals surface area contributed by atoms with E-state index in [-0.39, 0.29) is 42.5 Å². The Balaban J connectivity index is 0.00000220. The van der Waals surface area contributed by atoms with Crippen molar-refractivity contribution in [3.63, 3.8) is 0 Å². The van der Waals surface area contributed by atoms with Gasteiger partial charge >= 0.3 is 0 Å². The third kappa shape index (κ3) is 5.01. The predicted molar refractivity (Wildman–Crippen MR) is 85.7 cm³/mol. The molecule has 4 nitrogen and oxygen atoms in total. The maximum absolute atomic E-state index is 12.0. The van der Waals surface area contributed by atoms with Gasteiger partial charge in [0.2, 0.25) is 5.91 Å². The molecule has 1 heterocycles. The van der Waals surface area contributed by atoms with Gasteiger partial charge in [-0.25, -0.2) is 6.08 Å². The molecule has 1 aromatic carbocycles. The van der Waals surface area contributed by atoms with E-state index in [1.54, 1.807) is 19.1 Å². The van der Waals surface area contributed by atoms with Crippen LogP contribution in [0.1, 0.15) is 12.0 Å². The molecule has 6 heteroatoms. The molecule has 0 saturated heterocycles. The zero-order chi connectivity index (χ0) is 14.5. The maximum atomic E-state index is 12.0. The van der Waals surface area contributed by atoms with Crippen molar-refractivity contribution in [2.45, 2.75) is 10.3 Å². The minimum Gasteiger partial charge on any atom is -0.491 e. The van der Waals surface area contributed by atoms with Crippen molar-refractivity contribution in [2.75, 3.05) is 27.4 Å². The number of carbonyl (C=O) groups is 1. The molecular formula is C15H17INO3Y-. The number of hydrogen-bond acceptors (Lipinski definition) is 3. The largest absolute Gasteiger partial charge is 0.491 e. The number of allylic oxidation sites excluding steroid dienone is 1. The van der Waals surface area contributed by atoms with Crippen LogP contribution in [0.4, 0.5) is 0 Å². The number of methoxy groups -OCH3 is 1. The molecule has 1 amide bonds. The van der Waals surface area contributed by atoms with Gasteiger partial charge in [-0.05, 0) is 12.1 Å². The molecule has 1 aliphatic heterocycles. The van der Waals surface area contributed by atoms with Gasteiger partial charge in [0.05, 0.1) is 10.5 Å². The summed E-state index contributed by atoms with van der Waals surface area (Å²) in [5.41, 5.74) is 1.81. The second kappa shape index (κ2) is 9.23. The molecule has 0 aliphatic carbocycles. The minimum absolute atomic E-state index is 0. The summed E-state index contributed by atoms with van der Waals surface area (Å²) in [4.78, 5) is 13.6. The van der Waals surface area contributed by atoms with Crippen molar-refractivity contribution in [1.82, 2.24) is 4.90 Å². The number of halogens is 1. The smallest absolute Gasteiger partial charge is 0.235 e. The van der Waals surface area contributed by atoms with Gasteiger partial charge in [-0.2, -0.15) is 5.56 Å². The molecule has 1 unspecified atom stereocenters. The van der Waals surface area contributed by atoms with Gasteiger partial charge in [-0.3, -0.25) is 4.79 Å². The number of hydrogen-bond donors (Lipinski definition) is 0. The first kappa shape index (κ1) is 19.1. The molecule has 21 heavy (non-hydrogen) atoms. The molecule has 111 valence electrons. The van der Waals surface area contributed by atoms with Crippen LogP contribution in [0, 0.1) is 6.08 Å². The molecule has 0 fully saturated rings. The van der Waals surface area contributed by atoms with E-state index >= 15 is 0 Å². The van der Waals surface area contributed by atoms with Crippen LogP contribution < -0.4 is 4.74 Å². The standard InChI is InChI=1S/C15H17INO3.Y/c1-17-14(8-7-13(16)15(17)18)11-3-5-12(6-4-11)20-10-9-19-2;/h3-6,13H,7,9-10H2,1-2H3;/q-1;. The predicted octanol–water partition coefficient (Wildman–Crippen LogP) is 2.52. The first-order valence-corrected chi connectivity index (χ1v) is 7.62. The van der Waals surface area contributed by atoms with E-state index in [9.17, 15) is 4.79 Å². The topological polar surface area (TPSA) is 38.8 Å². The fraction of sp³-hybridized carbons (Fsp3) is 0.400. The number of benzene rings is 1. The average Bonchev–Trinajstić information content (AvgIpc) is 2.46. The Morgan fingerprint density at radius 3 is 2.62 bits per heavy atom. The van der Waals surface area contributed by atoms with Crippen LogP contribution in [-0.4, -0.2) is 42.1 Å². The summed E-state index contributed by atoms with van der Waals surface area (Å²) in [7, 11) is 3.43. The van der Waals surface area contributed by atoms with E-state index in [2.05, 4.69) is 28.7 Å². The Labute approximate surface area is 164 Å². The van der Waals surface area contributed by atoms with Gasteiger partial charge in [0, 0.05) is 46.9 Å². The monoisotopic (exact) mass is 475 g/mol. The molecule has 0 bridgehead atoms. The third-order valence-electron chi connectivity index (χ3n) is 3.07. The van der Waals surface area contributed by atoms with Crippen molar-refractivity contribution < 1.29 is 47.0 Å². The summed E-state index contributed by atoms with van der Waals surface area (Å²) in [5, 5.41) is 0.